The highest BCUT2D eigenvalue weighted by atomic mass is 32.2. The van der Waals surface area contributed by atoms with Crippen molar-refractivity contribution in [2.75, 3.05) is 0 Å². The van der Waals surface area contributed by atoms with Crippen LogP contribution in [-0.4, -0.2) is 30.3 Å². The van der Waals surface area contributed by atoms with E-state index in [9.17, 15) is 13.2 Å². The van der Waals surface area contributed by atoms with Crippen LogP contribution in [0.4, 0.5) is 0 Å². The van der Waals surface area contributed by atoms with Gasteiger partial charge in [0.1, 0.15) is 6.33 Å². The molecule has 7 nitrogen and oxygen atoms in total. The molecule has 2 aromatic rings. The van der Waals surface area contributed by atoms with Crippen molar-refractivity contribution in [2.45, 2.75) is 32.2 Å². The van der Waals surface area contributed by atoms with Crippen LogP contribution in [0, 0.1) is 0 Å². The van der Waals surface area contributed by atoms with E-state index in [1.807, 2.05) is 6.07 Å². The molecule has 1 amide bonds. The molecule has 2 rings (SSSR count). The van der Waals surface area contributed by atoms with Crippen molar-refractivity contribution in [1.82, 2.24) is 20.0 Å². The fourth-order valence-electron chi connectivity index (χ4n) is 2.15. The van der Waals surface area contributed by atoms with Gasteiger partial charge in [0.05, 0.1) is 11.3 Å². The Bertz CT molecular complexity index is 792. The summed E-state index contributed by atoms with van der Waals surface area (Å²) in [5.74, 6) is -0.380. The van der Waals surface area contributed by atoms with Crippen molar-refractivity contribution in [3.8, 4) is 0 Å². The van der Waals surface area contributed by atoms with E-state index in [0.29, 0.717) is 17.7 Å². The van der Waals surface area contributed by atoms with Gasteiger partial charge in [-0.05, 0) is 25.0 Å². The summed E-state index contributed by atoms with van der Waals surface area (Å²) in [6.07, 6.45) is 4.22. The molecule has 0 spiro atoms. The SMILES string of the molecule is CC(C)NS(=O)(=O)Cc1cccc(CNC(=O)c2cncnc2)c1. The number of aromatic nitrogens is 2. The lowest BCUT2D eigenvalue weighted by Gasteiger charge is -2.11. The molecule has 2 N–H and O–H groups in total. The standard InChI is InChI=1S/C16H20N4O3S/c1-12(2)20-24(22,23)10-14-5-3-4-13(6-14)7-19-16(21)15-8-17-11-18-9-15/h3-6,8-9,11-12,20H,7,10H2,1-2H3,(H,19,21). The van der Waals surface area contributed by atoms with Crippen molar-refractivity contribution in [2.24, 2.45) is 0 Å². The van der Waals surface area contributed by atoms with E-state index in [0.717, 1.165) is 5.56 Å². The number of nitrogens with one attached hydrogen (secondary N) is 2. The lowest BCUT2D eigenvalue weighted by Crippen LogP contribution is -2.31. The van der Waals surface area contributed by atoms with Gasteiger partial charge in [-0.2, -0.15) is 0 Å². The second-order valence-electron chi connectivity index (χ2n) is 5.66. The molecule has 0 unspecified atom stereocenters. The molecule has 1 aromatic carbocycles. The summed E-state index contributed by atoms with van der Waals surface area (Å²) in [7, 11) is -3.38. The number of sulfonamides is 1. The first-order valence-corrected chi connectivity index (χ1v) is 9.12. The third-order valence-electron chi connectivity index (χ3n) is 3.04. The van der Waals surface area contributed by atoms with Crippen molar-refractivity contribution in [3.63, 3.8) is 0 Å². The molecule has 0 aliphatic rings. The van der Waals surface area contributed by atoms with Gasteiger partial charge in [-0.25, -0.2) is 23.1 Å². The maximum absolute atomic E-state index is 12.0. The summed E-state index contributed by atoms with van der Waals surface area (Å²) < 4.78 is 26.5. The van der Waals surface area contributed by atoms with Crippen molar-refractivity contribution >= 4 is 15.9 Å². The van der Waals surface area contributed by atoms with E-state index in [2.05, 4.69) is 20.0 Å². The highest BCUT2D eigenvalue weighted by molar-refractivity contribution is 7.88. The topological polar surface area (TPSA) is 101 Å². The van der Waals surface area contributed by atoms with Crippen LogP contribution in [0.15, 0.2) is 43.0 Å². The summed E-state index contributed by atoms with van der Waals surface area (Å²) in [6.45, 7) is 3.84. The molecule has 0 saturated heterocycles. The molecule has 0 saturated carbocycles. The van der Waals surface area contributed by atoms with Gasteiger partial charge in [-0.1, -0.05) is 24.3 Å². The molecule has 0 fully saturated rings. The van der Waals surface area contributed by atoms with Crippen molar-refractivity contribution in [1.29, 1.82) is 0 Å². The van der Waals surface area contributed by atoms with Crippen LogP contribution in [0.2, 0.25) is 0 Å². The fourth-order valence-corrected chi connectivity index (χ4v) is 3.57. The molecular formula is C16H20N4O3S. The fraction of sp³-hybridized carbons (Fsp3) is 0.312. The summed E-state index contributed by atoms with van der Waals surface area (Å²) >= 11 is 0. The molecule has 0 aliphatic carbocycles. The largest absolute Gasteiger partial charge is 0.348 e. The minimum atomic E-state index is -3.38. The molecule has 24 heavy (non-hydrogen) atoms. The third-order valence-corrected chi connectivity index (χ3v) is 4.58. The van der Waals surface area contributed by atoms with Crippen LogP contribution in [0.3, 0.4) is 0 Å². The molecule has 128 valence electrons. The second-order valence-corrected chi connectivity index (χ2v) is 7.42. The summed E-state index contributed by atoms with van der Waals surface area (Å²) in [5, 5.41) is 2.75. The van der Waals surface area contributed by atoms with Gasteiger partial charge in [-0.15, -0.1) is 0 Å². The summed E-state index contributed by atoms with van der Waals surface area (Å²) in [4.78, 5) is 19.5. The monoisotopic (exact) mass is 348 g/mol. The molecule has 0 bridgehead atoms. The quantitative estimate of drug-likeness (QED) is 0.784. The Labute approximate surface area is 141 Å². The molecular weight excluding hydrogens is 328 g/mol. The molecule has 1 heterocycles. The maximum atomic E-state index is 12.0. The number of benzene rings is 1. The Morgan fingerprint density at radius 2 is 1.83 bits per heavy atom. The number of carbonyl (C=O) groups is 1. The Kier molecular flexibility index (Phi) is 5.99. The molecule has 0 aliphatic heterocycles. The predicted octanol–water partition coefficient (Wildman–Crippen LogP) is 1.23. The van der Waals surface area contributed by atoms with Gasteiger partial charge in [-0.3, -0.25) is 4.79 Å². The summed E-state index contributed by atoms with van der Waals surface area (Å²) in [5.41, 5.74) is 1.85. The first kappa shape index (κ1) is 18.0. The lowest BCUT2D eigenvalue weighted by molar-refractivity contribution is 0.0950. The Morgan fingerprint density at radius 1 is 1.17 bits per heavy atom. The Morgan fingerprint density at radius 3 is 2.50 bits per heavy atom. The minimum absolute atomic E-state index is 0.0977. The van der Waals surface area contributed by atoms with Gasteiger partial charge in [0, 0.05) is 25.0 Å². The molecule has 8 heteroatoms. The van der Waals surface area contributed by atoms with Gasteiger partial charge in [0.2, 0.25) is 10.0 Å². The van der Waals surface area contributed by atoms with Gasteiger partial charge >= 0.3 is 0 Å². The Hall–Kier alpha value is -2.32. The van der Waals surface area contributed by atoms with Gasteiger partial charge in [0.25, 0.3) is 5.91 Å². The van der Waals surface area contributed by atoms with E-state index in [1.54, 1.807) is 32.0 Å². The average molecular weight is 348 g/mol. The van der Waals surface area contributed by atoms with E-state index >= 15 is 0 Å². The van der Waals surface area contributed by atoms with Crippen LogP contribution in [0.1, 0.15) is 35.3 Å². The number of hydrogen-bond acceptors (Lipinski definition) is 5. The number of carbonyl (C=O) groups excluding carboxylic acids is 1. The number of amides is 1. The van der Waals surface area contributed by atoms with Crippen LogP contribution < -0.4 is 10.0 Å². The second kappa shape index (κ2) is 7.98. The van der Waals surface area contributed by atoms with E-state index in [4.69, 9.17) is 0 Å². The molecule has 0 radical (unpaired) electrons. The van der Waals surface area contributed by atoms with Crippen LogP contribution in [0.5, 0.6) is 0 Å². The number of rotatable bonds is 7. The lowest BCUT2D eigenvalue weighted by atomic mass is 10.1. The van der Waals surface area contributed by atoms with Gasteiger partial charge in [0.15, 0.2) is 0 Å². The smallest absolute Gasteiger partial charge is 0.254 e. The Balaban J connectivity index is 1.99. The van der Waals surface area contributed by atoms with E-state index < -0.39 is 10.0 Å². The van der Waals surface area contributed by atoms with Crippen LogP contribution in [-0.2, 0) is 22.3 Å². The zero-order chi connectivity index (χ0) is 17.6. The minimum Gasteiger partial charge on any atom is -0.348 e. The highest BCUT2D eigenvalue weighted by Gasteiger charge is 2.13. The van der Waals surface area contributed by atoms with Crippen LogP contribution >= 0.6 is 0 Å². The van der Waals surface area contributed by atoms with Crippen LogP contribution in [0.25, 0.3) is 0 Å². The normalized spacial score (nSPS) is 11.5. The van der Waals surface area contributed by atoms with E-state index in [-0.39, 0.29) is 17.7 Å². The first-order valence-electron chi connectivity index (χ1n) is 7.47. The van der Waals surface area contributed by atoms with Crippen molar-refractivity contribution < 1.29 is 13.2 Å². The predicted molar refractivity (Wildman–Crippen MR) is 90.5 cm³/mol. The first-order chi connectivity index (χ1) is 11.4. The summed E-state index contributed by atoms with van der Waals surface area (Å²) in [6, 6.07) is 6.96. The molecule has 1 aromatic heterocycles. The number of nitrogens with zero attached hydrogens (tertiary/aromatic N) is 2. The third kappa shape index (κ3) is 5.71. The number of hydrogen-bond donors (Lipinski definition) is 2. The van der Waals surface area contributed by atoms with Crippen molar-refractivity contribution in [3.05, 3.63) is 59.7 Å². The molecule has 0 atom stereocenters. The zero-order valence-electron chi connectivity index (χ0n) is 13.6. The maximum Gasteiger partial charge on any atom is 0.254 e. The van der Waals surface area contributed by atoms with E-state index in [1.165, 1.54) is 18.7 Å². The highest BCUT2D eigenvalue weighted by Crippen LogP contribution is 2.09. The zero-order valence-corrected chi connectivity index (χ0v) is 14.4. The average Bonchev–Trinajstić information content (AvgIpc) is 2.52. The van der Waals surface area contributed by atoms with Gasteiger partial charge < -0.3 is 5.32 Å².